The van der Waals surface area contributed by atoms with Crippen LogP contribution in [0.5, 0.6) is 0 Å². The van der Waals surface area contributed by atoms with Crippen molar-refractivity contribution in [3.05, 3.63) is 40.1 Å². The van der Waals surface area contributed by atoms with Gasteiger partial charge in [-0.25, -0.2) is 9.52 Å². The number of urea groups is 1. The number of nitrogens with zero attached hydrogens (tertiary/aromatic N) is 3. The normalized spacial score (nSPS) is 17.8. The van der Waals surface area contributed by atoms with Gasteiger partial charge < -0.3 is 5.32 Å². The zero-order valence-electron chi connectivity index (χ0n) is 15.1. The maximum atomic E-state index is 12.6. The number of aromatic nitrogens is 2. The summed E-state index contributed by atoms with van der Waals surface area (Å²) in [7, 11) is -2.04. The molecule has 5 rings (SSSR count). The molecule has 2 aliphatic carbocycles. The van der Waals surface area contributed by atoms with Gasteiger partial charge in [-0.3, -0.25) is 9.58 Å². The predicted molar refractivity (Wildman–Crippen MR) is 99.2 cm³/mol. The molecule has 0 saturated carbocycles. The minimum absolute atomic E-state index is 0.114. The number of carbonyl (C=O) groups excluding carboxylic acids is 1. The van der Waals surface area contributed by atoms with E-state index in [0.29, 0.717) is 13.1 Å². The Morgan fingerprint density at radius 3 is 2.41 bits per heavy atom. The summed E-state index contributed by atoms with van der Waals surface area (Å²) in [6.45, 7) is 2.08. The third kappa shape index (κ3) is 2.72. The van der Waals surface area contributed by atoms with Crippen LogP contribution in [0, 0.1) is 0 Å². The number of likely N-dealkylation sites (N-methyl/N-ethyl adjacent to an activating group) is 1. The summed E-state index contributed by atoms with van der Waals surface area (Å²) in [5.74, 6) is 0. The van der Waals surface area contributed by atoms with E-state index in [0.717, 1.165) is 54.7 Å². The number of aryl methyl sites for hydroxylation is 2. The molecule has 0 radical (unpaired) electrons. The molecule has 2 amide bonds. The molecule has 1 aromatic carbocycles. The van der Waals surface area contributed by atoms with Crippen molar-refractivity contribution < 1.29 is 13.2 Å². The molecule has 1 aromatic heterocycles. The average molecular weight is 387 g/mol. The van der Waals surface area contributed by atoms with Gasteiger partial charge >= 0.3 is 6.03 Å². The largest absolute Gasteiger partial charge is 0.333 e. The number of hydrogen-bond donors (Lipinski definition) is 2. The van der Waals surface area contributed by atoms with E-state index in [9.17, 15) is 13.2 Å². The van der Waals surface area contributed by atoms with Gasteiger partial charge in [-0.1, -0.05) is 6.07 Å². The topological polar surface area (TPSA) is 96.3 Å². The Bertz CT molecular complexity index is 1040. The van der Waals surface area contributed by atoms with Crippen molar-refractivity contribution in [2.45, 2.75) is 43.8 Å². The molecule has 2 heterocycles. The van der Waals surface area contributed by atoms with Crippen molar-refractivity contribution in [3.63, 3.8) is 0 Å². The summed E-state index contributed by atoms with van der Waals surface area (Å²) in [6.07, 6.45) is 3.89. The number of carbonyl (C=O) groups is 1. The number of benzene rings is 1. The van der Waals surface area contributed by atoms with Crippen molar-refractivity contribution in [2.75, 3.05) is 18.9 Å². The molecule has 0 unspecified atom stereocenters. The second-order valence-corrected chi connectivity index (χ2v) is 9.15. The first-order chi connectivity index (χ1) is 12.9. The quantitative estimate of drug-likeness (QED) is 0.820. The number of amides is 2. The molecule has 2 aromatic rings. The highest BCUT2D eigenvalue weighted by Crippen LogP contribution is 2.40. The van der Waals surface area contributed by atoms with Crippen LogP contribution in [0.4, 0.5) is 10.5 Å². The smallest absolute Gasteiger partial charge is 0.307 e. The van der Waals surface area contributed by atoms with Crippen LogP contribution in [-0.2, 0) is 48.8 Å². The van der Waals surface area contributed by atoms with Gasteiger partial charge in [0.05, 0.1) is 12.2 Å². The maximum absolute atomic E-state index is 12.6. The van der Waals surface area contributed by atoms with E-state index in [1.54, 1.807) is 4.68 Å². The van der Waals surface area contributed by atoms with Gasteiger partial charge in [-0.05, 0) is 55.0 Å². The number of rotatable bonds is 3. The van der Waals surface area contributed by atoms with Crippen LogP contribution < -0.4 is 10.0 Å². The van der Waals surface area contributed by atoms with Gasteiger partial charge in [0, 0.05) is 24.8 Å². The first-order valence-corrected chi connectivity index (χ1v) is 10.6. The number of anilines is 1. The van der Waals surface area contributed by atoms with E-state index in [1.165, 1.54) is 17.2 Å². The first-order valence-electron chi connectivity index (χ1n) is 9.16. The molecule has 0 saturated heterocycles. The Hall–Kier alpha value is -2.39. The van der Waals surface area contributed by atoms with Crippen molar-refractivity contribution in [1.82, 2.24) is 19.4 Å². The van der Waals surface area contributed by atoms with Crippen molar-refractivity contribution >= 4 is 21.7 Å². The maximum Gasteiger partial charge on any atom is 0.333 e. The highest BCUT2D eigenvalue weighted by atomic mass is 32.2. The Morgan fingerprint density at radius 2 is 1.78 bits per heavy atom. The van der Waals surface area contributed by atoms with E-state index >= 15 is 0 Å². The zero-order chi connectivity index (χ0) is 18.8. The molecule has 1 aliphatic heterocycles. The average Bonchev–Trinajstić information content (AvgIpc) is 2.95. The second-order valence-electron chi connectivity index (χ2n) is 7.52. The predicted octanol–water partition coefficient (Wildman–Crippen LogP) is 1.04. The van der Waals surface area contributed by atoms with Crippen molar-refractivity contribution in [2.24, 2.45) is 0 Å². The van der Waals surface area contributed by atoms with Gasteiger partial charge in [0.25, 0.3) is 10.0 Å². The summed E-state index contributed by atoms with van der Waals surface area (Å²) >= 11 is 0. The highest BCUT2D eigenvalue weighted by Gasteiger charge is 2.30. The molecule has 0 atom stereocenters. The van der Waals surface area contributed by atoms with Gasteiger partial charge in [-0.15, -0.1) is 0 Å². The van der Waals surface area contributed by atoms with Gasteiger partial charge in [-0.2, -0.15) is 13.5 Å². The van der Waals surface area contributed by atoms with Gasteiger partial charge in [0.2, 0.25) is 0 Å². The van der Waals surface area contributed by atoms with Gasteiger partial charge in [0.15, 0.2) is 5.03 Å². The fourth-order valence-corrected chi connectivity index (χ4v) is 4.93. The van der Waals surface area contributed by atoms with Crippen LogP contribution in [0.3, 0.4) is 0 Å². The zero-order valence-corrected chi connectivity index (χ0v) is 15.9. The summed E-state index contributed by atoms with van der Waals surface area (Å²) in [4.78, 5) is 14.5. The van der Waals surface area contributed by atoms with E-state index in [4.69, 9.17) is 0 Å². The molecule has 9 heteroatoms. The Balaban J connectivity index is 1.36. The van der Waals surface area contributed by atoms with Crippen LogP contribution >= 0.6 is 0 Å². The molecule has 0 fully saturated rings. The number of fused-ring (bicyclic) bond motifs is 3. The van der Waals surface area contributed by atoms with E-state index in [-0.39, 0.29) is 5.03 Å². The highest BCUT2D eigenvalue weighted by molar-refractivity contribution is 7.90. The minimum Gasteiger partial charge on any atom is -0.307 e. The Labute approximate surface area is 157 Å². The summed E-state index contributed by atoms with van der Waals surface area (Å²) in [5.41, 5.74) is 6.44. The molecule has 142 valence electrons. The molecule has 8 nitrogen and oxygen atoms in total. The van der Waals surface area contributed by atoms with Crippen LogP contribution in [0.2, 0.25) is 0 Å². The third-order valence-electron chi connectivity index (χ3n) is 5.72. The monoisotopic (exact) mass is 387 g/mol. The molecular formula is C18H21N5O3S. The van der Waals surface area contributed by atoms with Crippen LogP contribution in [0.25, 0.3) is 0 Å². The number of sulfonamides is 1. The third-order valence-corrected chi connectivity index (χ3v) is 6.93. The van der Waals surface area contributed by atoms with E-state index in [2.05, 4.69) is 26.1 Å². The molecule has 0 bridgehead atoms. The van der Waals surface area contributed by atoms with E-state index in [1.807, 2.05) is 7.05 Å². The van der Waals surface area contributed by atoms with Crippen LogP contribution in [0.15, 0.2) is 17.2 Å². The number of hydrogen-bond acceptors (Lipinski definition) is 5. The fraction of sp³-hybridized carbons (Fsp3) is 0.444. The summed E-state index contributed by atoms with van der Waals surface area (Å²) in [6, 6.07) is 3.02. The minimum atomic E-state index is -4.01. The summed E-state index contributed by atoms with van der Waals surface area (Å²) < 4.78 is 29.0. The standard InChI is InChI=1S/C18H21N5O3S/c1-22-6-7-23-13(10-22)9-16(20-23)27(25,26)21-18(24)19-17-14-4-2-11(14)8-12-3-5-15(12)17/h8-9H,2-7,10H2,1H3,(H2,19,21,24). The van der Waals surface area contributed by atoms with Crippen molar-refractivity contribution in [3.8, 4) is 0 Å². The summed E-state index contributed by atoms with van der Waals surface area (Å²) in [5, 5.41) is 6.83. The first kappa shape index (κ1) is 16.8. The lowest BCUT2D eigenvalue weighted by Crippen LogP contribution is -2.36. The van der Waals surface area contributed by atoms with Gasteiger partial charge in [0.1, 0.15) is 0 Å². The lowest BCUT2D eigenvalue weighted by Gasteiger charge is -2.32. The van der Waals surface area contributed by atoms with Crippen LogP contribution in [-0.4, -0.2) is 42.7 Å². The molecule has 3 aliphatic rings. The van der Waals surface area contributed by atoms with Crippen molar-refractivity contribution in [1.29, 1.82) is 0 Å². The molecule has 2 N–H and O–H groups in total. The van der Waals surface area contributed by atoms with E-state index < -0.39 is 16.1 Å². The SMILES string of the molecule is CN1CCn2nc(S(=O)(=O)NC(=O)Nc3c4c(cc5c3CC5)CC4)cc2C1. The Kier molecular flexibility index (Phi) is 3.60. The molecule has 27 heavy (non-hydrogen) atoms. The van der Waals surface area contributed by atoms with Crippen LogP contribution in [0.1, 0.15) is 27.9 Å². The fourth-order valence-electron chi connectivity index (χ4n) is 4.04. The molecule has 0 spiro atoms. The lowest BCUT2D eigenvalue weighted by atomic mass is 9.76. The Morgan fingerprint density at radius 1 is 1.07 bits per heavy atom. The second kappa shape index (κ2) is 5.80. The lowest BCUT2D eigenvalue weighted by molar-refractivity contribution is 0.256. The molecular weight excluding hydrogens is 366 g/mol. The number of nitrogens with one attached hydrogen (secondary N) is 2.